The topological polar surface area (TPSA) is 9.23 Å². The minimum absolute atomic E-state index is 0.724. The molecule has 0 aliphatic heterocycles. The van der Waals surface area contributed by atoms with Crippen molar-refractivity contribution in [2.45, 2.75) is 6.61 Å². The van der Waals surface area contributed by atoms with E-state index in [0.29, 0.717) is 0 Å². The van der Waals surface area contributed by atoms with Crippen LogP contribution in [0.2, 0.25) is 0 Å². The molecule has 0 amide bonds. The van der Waals surface area contributed by atoms with E-state index in [1.807, 2.05) is 24.5 Å². The fraction of sp³-hybridized carbons (Fsp3) is 0.333. The van der Waals surface area contributed by atoms with Gasteiger partial charge in [0.2, 0.25) is 0 Å². The Morgan fingerprint density at radius 1 is 1.27 bits per heavy atom. The van der Waals surface area contributed by atoms with Gasteiger partial charge in [-0.05, 0) is 11.8 Å². The summed E-state index contributed by atoms with van der Waals surface area (Å²) in [6, 6.07) is 10.2. The maximum absolute atomic E-state index is 5.33. The van der Waals surface area contributed by atoms with Crippen molar-refractivity contribution >= 4 is 11.8 Å². The summed E-state index contributed by atoms with van der Waals surface area (Å²) in [4.78, 5) is 0. The summed E-state index contributed by atoms with van der Waals surface area (Å²) >= 11 is 1.70. The highest BCUT2D eigenvalue weighted by Gasteiger charge is 1.88. The van der Waals surface area contributed by atoms with Gasteiger partial charge in [0.15, 0.2) is 0 Å². The maximum Gasteiger partial charge on any atom is 0.0922 e. The standard InChI is InChI=1S/C9H12OS/c1-11-8-10-7-9-5-3-2-4-6-9/h2-6H,7-8H2,1H3. The molecular formula is C9H12OS. The summed E-state index contributed by atoms with van der Waals surface area (Å²) in [6.45, 7) is 0.724. The van der Waals surface area contributed by atoms with Crippen LogP contribution in [0, 0.1) is 0 Å². The van der Waals surface area contributed by atoms with Crippen LogP contribution >= 0.6 is 11.8 Å². The molecule has 2 heteroatoms. The monoisotopic (exact) mass is 168 g/mol. The maximum atomic E-state index is 5.33. The van der Waals surface area contributed by atoms with Crippen molar-refractivity contribution in [1.82, 2.24) is 0 Å². The van der Waals surface area contributed by atoms with Crippen molar-refractivity contribution in [3.8, 4) is 0 Å². The van der Waals surface area contributed by atoms with E-state index in [-0.39, 0.29) is 0 Å². The molecular weight excluding hydrogens is 156 g/mol. The summed E-state index contributed by atoms with van der Waals surface area (Å²) in [5, 5.41) is 0. The number of thioether (sulfide) groups is 1. The van der Waals surface area contributed by atoms with Gasteiger partial charge in [-0.1, -0.05) is 30.3 Å². The SMILES string of the molecule is CSCOCc1ccccc1. The molecule has 0 radical (unpaired) electrons. The Hall–Kier alpha value is -0.470. The van der Waals surface area contributed by atoms with E-state index in [1.165, 1.54) is 5.56 Å². The lowest BCUT2D eigenvalue weighted by Crippen LogP contribution is -1.90. The van der Waals surface area contributed by atoms with Gasteiger partial charge in [0.25, 0.3) is 0 Å². The molecule has 0 aromatic heterocycles. The van der Waals surface area contributed by atoms with Crippen LogP contribution < -0.4 is 0 Å². The molecule has 0 spiro atoms. The van der Waals surface area contributed by atoms with E-state index in [1.54, 1.807) is 11.8 Å². The first-order valence-corrected chi connectivity index (χ1v) is 4.93. The van der Waals surface area contributed by atoms with Crippen LogP contribution in [0.5, 0.6) is 0 Å². The molecule has 11 heavy (non-hydrogen) atoms. The second-order valence-electron chi connectivity index (χ2n) is 2.24. The van der Waals surface area contributed by atoms with Crippen molar-refractivity contribution in [1.29, 1.82) is 0 Å². The highest BCUT2D eigenvalue weighted by molar-refractivity contribution is 7.98. The van der Waals surface area contributed by atoms with Gasteiger partial charge in [-0.3, -0.25) is 0 Å². The lowest BCUT2D eigenvalue weighted by molar-refractivity contribution is 0.169. The highest BCUT2D eigenvalue weighted by Crippen LogP contribution is 2.02. The minimum atomic E-state index is 0.724. The first kappa shape index (κ1) is 8.62. The number of rotatable bonds is 4. The van der Waals surface area contributed by atoms with Crippen LogP contribution in [0.3, 0.4) is 0 Å². The van der Waals surface area contributed by atoms with Crippen LogP contribution in [0.1, 0.15) is 5.56 Å². The molecule has 0 saturated heterocycles. The van der Waals surface area contributed by atoms with Gasteiger partial charge >= 0.3 is 0 Å². The predicted molar refractivity (Wildman–Crippen MR) is 49.6 cm³/mol. The summed E-state index contributed by atoms with van der Waals surface area (Å²) < 4.78 is 5.33. The predicted octanol–water partition coefficient (Wildman–Crippen LogP) is 2.52. The van der Waals surface area contributed by atoms with Crippen molar-refractivity contribution < 1.29 is 4.74 Å². The van der Waals surface area contributed by atoms with Crippen LogP contribution in [0.15, 0.2) is 30.3 Å². The third-order valence-electron chi connectivity index (χ3n) is 1.31. The van der Waals surface area contributed by atoms with E-state index in [9.17, 15) is 0 Å². The first-order valence-electron chi connectivity index (χ1n) is 3.54. The Morgan fingerprint density at radius 3 is 2.64 bits per heavy atom. The van der Waals surface area contributed by atoms with Crippen molar-refractivity contribution in [3.63, 3.8) is 0 Å². The molecule has 0 fully saturated rings. The Kier molecular flexibility index (Phi) is 4.09. The third kappa shape index (κ3) is 3.44. The number of ether oxygens (including phenoxy) is 1. The zero-order valence-corrected chi connectivity index (χ0v) is 7.43. The largest absolute Gasteiger partial charge is 0.366 e. The molecule has 0 bridgehead atoms. The average Bonchev–Trinajstić information content (AvgIpc) is 2.07. The number of benzene rings is 1. The fourth-order valence-electron chi connectivity index (χ4n) is 0.817. The molecule has 60 valence electrons. The zero-order valence-electron chi connectivity index (χ0n) is 6.62. The van der Waals surface area contributed by atoms with Crippen molar-refractivity contribution in [2.24, 2.45) is 0 Å². The van der Waals surface area contributed by atoms with E-state index in [4.69, 9.17) is 4.74 Å². The minimum Gasteiger partial charge on any atom is -0.366 e. The zero-order chi connectivity index (χ0) is 7.94. The molecule has 1 aromatic rings. The molecule has 1 rings (SSSR count). The van der Waals surface area contributed by atoms with Gasteiger partial charge < -0.3 is 4.74 Å². The molecule has 0 saturated carbocycles. The van der Waals surface area contributed by atoms with Gasteiger partial charge in [0, 0.05) is 0 Å². The highest BCUT2D eigenvalue weighted by atomic mass is 32.2. The van der Waals surface area contributed by atoms with E-state index in [0.717, 1.165) is 12.5 Å². The van der Waals surface area contributed by atoms with Crippen LogP contribution in [-0.2, 0) is 11.3 Å². The molecule has 0 unspecified atom stereocenters. The molecule has 1 nitrogen and oxygen atoms in total. The lowest BCUT2D eigenvalue weighted by atomic mass is 10.2. The Bertz CT molecular complexity index is 186. The first-order chi connectivity index (χ1) is 5.43. The third-order valence-corrected chi connectivity index (χ3v) is 1.72. The van der Waals surface area contributed by atoms with Gasteiger partial charge in [0.1, 0.15) is 0 Å². The average molecular weight is 168 g/mol. The fourth-order valence-corrected chi connectivity index (χ4v) is 1.07. The summed E-state index contributed by atoms with van der Waals surface area (Å²) in [6.07, 6.45) is 2.03. The van der Waals surface area contributed by atoms with E-state index < -0.39 is 0 Å². The molecule has 0 aliphatic carbocycles. The molecule has 0 N–H and O–H groups in total. The second kappa shape index (κ2) is 5.22. The van der Waals surface area contributed by atoms with Gasteiger partial charge in [0.05, 0.1) is 12.5 Å². The van der Waals surface area contributed by atoms with Crippen LogP contribution in [0.25, 0.3) is 0 Å². The van der Waals surface area contributed by atoms with Crippen molar-refractivity contribution in [2.75, 3.05) is 12.2 Å². The van der Waals surface area contributed by atoms with Crippen LogP contribution in [0.4, 0.5) is 0 Å². The quantitative estimate of drug-likeness (QED) is 0.504. The number of hydrogen-bond acceptors (Lipinski definition) is 2. The van der Waals surface area contributed by atoms with Crippen LogP contribution in [-0.4, -0.2) is 12.2 Å². The summed E-state index contributed by atoms with van der Waals surface area (Å²) in [5.74, 6) is 0.773. The second-order valence-corrected chi connectivity index (χ2v) is 3.05. The smallest absolute Gasteiger partial charge is 0.0922 e. The molecule has 1 aromatic carbocycles. The van der Waals surface area contributed by atoms with E-state index >= 15 is 0 Å². The van der Waals surface area contributed by atoms with Gasteiger partial charge in [-0.15, -0.1) is 11.8 Å². The summed E-state index contributed by atoms with van der Waals surface area (Å²) in [7, 11) is 0. The normalized spacial score (nSPS) is 9.91. The van der Waals surface area contributed by atoms with Crippen molar-refractivity contribution in [3.05, 3.63) is 35.9 Å². The lowest BCUT2D eigenvalue weighted by Gasteiger charge is -2.00. The molecule has 0 aliphatic rings. The Labute approximate surface area is 71.8 Å². The number of hydrogen-bond donors (Lipinski definition) is 0. The van der Waals surface area contributed by atoms with Gasteiger partial charge in [-0.2, -0.15) is 0 Å². The Morgan fingerprint density at radius 2 is 2.00 bits per heavy atom. The Balaban J connectivity index is 2.28. The summed E-state index contributed by atoms with van der Waals surface area (Å²) in [5.41, 5.74) is 1.24. The van der Waals surface area contributed by atoms with E-state index in [2.05, 4.69) is 12.1 Å². The molecule has 0 heterocycles. The molecule has 0 atom stereocenters. The van der Waals surface area contributed by atoms with Gasteiger partial charge in [-0.25, -0.2) is 0 Å².